The van der Waals surface area contributed by atoms with Crippen molar-refractivity contribution in [2.45, 2.75) is 6.42 Å². The van der Waals surface area contributed by atoms with E-state index >= 15 is 0 Å². The molecule has 0 atom stereocenters. The molecule has 2 heterocycles. The van der Waals surface area contributed by atoms with E-state index in [4.69, 9.17) is 21.6 Å². The van der Waals surface area contributed by atoms with Crippen molar-refractivity contribution in [1.82, 2.24) is 20.2 Å². The number of anilines is 1. The summed E-state index contributed by atoms with van der Waals surface area (Å²) in [4.78, 5) is 12.0. The fourth-order valence-corrected chi connectivity index (χ4v) is 3.55. The lowest BCUT2D eigenvalue weighted by atomic mass is 10.1. The van der Waals surface area contributed by atoms with Gasteiger partial charge in [0.2, 0.25) is 5.95 Å². The molecule has 140 valence electrons. The Morgan fingerprint density at radius 1 is 1.00 bits per heavy atom. The second-order valence-corrected chi connectivity index (χ2v) is 7.23. The average Bonchev–Trinajstić information content (AvgIpc) is 2.72. The first-order chi connectivity index (χ1) is 13.3. The Morgan fingerprint density at radius 2 is 1.78 bits per heavy atom. The van der Waals surface area contributed by atoms with Gasteiger partial charge in [0.25, 0.3) is 0 Å². The molecule has 1 saturated heterocycles. The van der Waals surface area contributed by atoms with Crippen LogP contribution in [-0.2, 0) is 0 Å². The summed E-state index contributed by atoms with van der Waals surface area (Å²) in [7, 11) is 0. The highest BCUT2D eigenvalue weighted by Crippen LogP contribution is 2.28. The first-order valence-corrected chi connectivity index (χ1v) is 9.87. The molecule has 0 spiro atoms. The monoisotopic (exact) mass is 381 g/mol. The van der Waals surface area contributed by atoms with Crippen LogP contribution in [0, 0.1) is 0 Å². The Hall–Kier alpha value is -2.21. The van der Waals surface area contributed by atoms with E-state index in [2.05, 4.69) is 21.6 Å². The van der Waals surface area contributed by atoms with Gasteiger partial charge in [-0.3, -0.25) is 0 Å². The van der Waals surface area contributed by atoms with E-state index < -0.39 is 0 Å². The molecule has 6 heteroatoms. The molecule has 0 bridgehead atoms. The van der Waals surface area contributed by atoms with Gasteiger partial charge in [0, 0.05) is 48.7 Å². The van der Waals surface area contributed by atoms with Crippen LogP contribution in [-0.4, -0.2) is 54.1 Å². The summed E-state index contributed by atoms with van der Waals surface area (Å²) in [6, 6.07) is 15.9. The molecule has 2 aromatic carbocycles. The van der Waals surface area contributed by atoms with Gasteiger partial charge >= 0.3 is 0 Å². The van der Waals surface area contributed by atoms with Gasteiger partial charge < -0.3 is 15.5 Å². The van der Waals surface area contributed by atoms with E-state index in [-0.39, 0.29) is 0 Å². The maximum atomic E-state index is 6.04. The minimum absolute atomic E-state index is 0.680. The van der Waals surface area contributed by atoms with Crippen LogP contribution >= 0.6 is 11.6 Å². The van der Waals surface area contributed by atoms with Crippen LogP contribution in [0.5, 0.6) is 0 Å². The largest absolute Gasteiger partial charge is 0.354 e. The minimum Gasteiger partial charge on any atom is -0.354 e. The number of benzene rings is 2. The van der Waals surface area contributed by atoms with Crippen molar-refractivity contribution < 1.29 is 0 Å². The first kappa shape index (κ1) is 18.2. The first-order valence-electron chi connectivity index (χ1n) is 9.49. The summed E-state index contributed by atoms with van der Waals surface area (Å²) >= 11 is 6.04. The molecule has 1 fully saturated rings. The summed E-state index contributed by atoms with van der Waals surface area (Å²) in [5, 5.41) is 8.57. The van der Waals surface area contributed by atoms with Crippen molar-refractivity contribution in [3.05, 3.63) is 53.6 Å². The normalized spacial score (nSPS) is 15.1. The number of hydrogen-bond acceptors (Lipinski definition) is 5. The van der Waals surface area contributed by atoms with Crippen LogP contribution < -0.4 is 10.6 Å². The van der Waals surface area contributed by atoms with Gasteiger partial charge in [0.15, 0.2) is 0 Å². The number of fused-ring (bicyclic) bond motifs is 1. The van der Waals surface area contributed by atoms with Gasteiger partial charge in [-0.2, -0.15) is 0 Å². The molecule has 4 rings (SSSR count). The van der Waals surface area contributed by atoms with Crippen LogP contribution in [0.4, 0.5) is 5.95 Å². The standard InChI is InChI=1S/C21H24ClN5/c22-17-8-6-16(7-9-17)20-18-4-1-2-5-19(18)25-21(26-20)24-10-3-13-27-14-11-23-12-15-27/h1-2,4-9,23H,3,10-15H2,(H,24,25,26). The number of hydrogen-bond donors (Lipinski definition) is 2. The second kappa shape index (κ2) is 8.65. The maximum absolute atomic E-state index is 6.04. The molecule has 5 nitrogen and oxygen atoms in total. The molecule has 0 aliphatic carbocycles. The third-order valence-electron chi connectivity index (χ3n) is 4.86. The van der Waals surface area contributed by atoms with Crippen molar-refractivity contribution in [2.24, 2.45) is 0 Å². The lowest BCUT2D eigenvalue weighted by Gasteiger charge is -2.27. The van der Waals surface area contributed by atoms with Crippen LogP contribution in [0.15, 0.2) is 48.5 Å². The smallest absolute Gasteiger partial charge is 0.223 e. The topological polar surface area (TPSA) is 53.1 Å². The number of nitrogens with one attached hydrogen (secondary N) is 2. The molecule has 0 saturated carbocycles. The van der Waals surface area contributed by atoms with Gasteiger partial charge in [-0.25, -0.2) is 9.97 Å². The summed E-state index contributed by atoms with van der Waals surface area (Å²) < 4.78 is 0. The predicted octanol–water partition coefficient (Wildman–Crippen LogP) is 3.66. The highest BCUT2D eigenvalue weighted by molar-refractivity contribution is 6.30. The van der Waals surface area contributed by atoms with Gasteiger partial charge in [0.05, 0.1) is 11.2 Å². The summed E-state index contributed by atoms with van der Waals surface area (Å²) in [5.74, 6) is 0.680. The van der Waals surface area contributed by atoms with E-state index in [0.29, 0.717) is 5.95 Å². The summed E-state index contributed by atoms with van der Waals surface area (Å²) in [5.41, 5.74) is 2.92. The van der Waals surface area contributed by atoms with Crippen LogP contribution in [0.1, 0.15) is 6.42 Å². The van der Waals surface area contributed by atoms with E-state index in [1.165, 1.54) is 0 Å². The predicted molar refractivity (Wildman–Crippen MR) is 112 cm³/mol. The molecule has 27 heavy (non-hydrogen) atoms. The lowest BCUT2D eigenvalue weighted by molar-refractivity contribution is 0.240. The zero-order valence-corrected chi connectivity index (χ0v) is 16.0. The minimum atomic E-state index is 0.680. The van der Waals surface area contributed by atoms with Crippen LogP contribution in [0.3, 0.4) is 0 Å². The highest BCUT2D eigenvalue weighted by Gasteiger charge is 2.11. The SMILES string of the molecule is Clc1ccc(-c2nc(NCCCN3CCNCC3)nc3ccccc23)cc1. The Balaban J connectivity index is 1.50. The van der Waals surface area contributed by atoms with Crippen LogP contribution in [0.2, 0.25) is 5.02 Å². The molecule has 2 N–H and O–H groups in total. The van der Waals surface area contributed by atoms with E-state index in [1.807, 2.05) is 42.5 Å². The molecular weight excluding hydrogens is 358 g/mol. The van der Waals surface area contributed by atoms with Crippen molar-refractivity contribution in [3.63, 3.8) is 0 Å². The van der Waals surface area contributed by atoms with E-state index in [0.717, 1.165) is 72.9 Å². The van der Waals surface area contributed by atoms with E-state index in [1.54, 1.807) is 0 Å². The third kappa shape index (κ3) is 4.56. The van der Waals surface area contributed by atoms with Crippen molar-refractivity contribution in [1.29, 1.82) is 0 Å². The van der Waals surface area contributed by atoms with Crippen molar-refractivity contribution in [3.8, 4) is 11.3 Å². The quantitative estimate of drug-likeness (QED) is 0.638. The third-order valence-corrected chi connectivity index (χ3v) is 5.12. The molecule has 0 unspecified atom stereocenters. The maximum Gasteiger partial charge on any atom is 0.223 e. The number of nitrogens with zero attached hydrogens (tertiary/aromatic N) is 3. The molecule has 1 aromatic heterocycles. The molecule has 1 aliphatic rings. The fourth-order valence-electron chi connectivity index (χ4n) is 3.42. The van der Waals surface area contributed by atoms with Gasteiger partial charge in [-0.05, 0) is 31.2 Å². The van der Waals surface area contributed by atoms with Crippen molar-refractivity contribution >= 4 is 28.5 Å². The Labute approximate surface area is 164 Å². The van der Waals surface area contributed by atoms with Gasteiger partial charge in [0.1, 0.15) is 0 Å². The lowest BCUT2D eigenvalue weighted by Crippen LogP contribution is -2.44. The molecular formula is C21H24ClN5. The van der Waals surface area contributed by atoms with Gasteiger partial charge in [-0.15, -0.1) is 0 Å². The van der Waals surface area contributed by atoms with Crippen LogP contribution in [0.25, 0.3) is 22.2 Å². The van der Waals surface area contributed by atoms with Gasteiger partial charge in [-0.1, -0.05) is 41.9 Å². The highest BCUT2D eigenvalue weighted by atomic mass is 35.5. The number of aromatic nitrogens is 2. The Kier molecular flexibility index (Phi) is 5.82. The number of para-hydroxylation sites is 1. The average molecular weight is 382 g/mol. The number of rotatable bonds is 6. The van der Waals surface area contributed by atoms with Crippen molar-refractivity contribution in [2.75, 3.05) is 44.6 Å². The Bertz CT molecular complexity index is 891. The Morgan fingerprint density at radius 3 is 2.59 bits per heavy atom. The molecule has 0 radical (unpaired) electrons. The summed E-state index contributed by atoms with van der Waals surface area (Å²) in [6.45, 7) is 6.41. The molecule has 0 amide bonds. The zero-order chi connectivity index (χ0) is 18.5. The van der Waals surface area contributed by atoms with E-state index in [9.17, 15) is 0 Å². The molecule has 3 aromatic rings. The fraction of sp³-hybridized carbons (Fsp3) is 0.333. The molecule has 1 aliphatic heterocycles. The second-order valence-electron chi connectivity index (χ2n) is 6.79. The zero-order valence-electron chi connectivity index (χ0n) is 15.3. The number of piperazine rings is 1. The summed E-state index contributed by atoms with van der Waals surface area (Å²) in [6.07, 6.45) is 1.08. The number of halogens is 1.